The number of aliphatic hydroxyl groups is 1. The van der Waals surface area contributed by atoms with Gasteiger partial charge in [0.15, 0.2) is 0 Å². The molecule has 0 spiro atoms. The van der Waals surface area contributed by atoms with Crippen LogP contribution in [0.15, 0.2) is 23.1 Å². The van der Waals surface area contributed by atoms with E-state index in [-0.39, 0.29) is 24.0 Å². The fourth-order valence-electron chi connectivity index (χ4n) is 2.18. The van der Waals surface area contributed by atoms with Crippen molar-refractivity contribution in [1.29, 1.82) is 0 Å². The highest BCUT2D eigenvalue weighted by molar-refractivity contribution is 5.93. The summed E-state index contributed by atoms with van der Waals surface area (Å²) in [7, 11) is 1.64. The fraction of sp³-hybridized carbons (Fsp3) is 0.600. The molecule has 0 saturated heterocycles. The van der Waals surface area contributed by atoms with Gasteiger partial charge < -0.3 is 15.0 Å². The Labute approximate surface area is 119 Å². The van der Waals surface area contributed by atoms with Gasteiger partial charge in [0.25, 0.3) is 11.5 Å². The van der Waals surface area contributed by atoms with Gasteiger partial charge in [-0.2, -0.15) is 0 Å². The molecule has 0 bridgehead atoms. The number of rotatable bonds is 7. The summed E-state index contributed by atoms with van der Waals surface area (Å²) in [5.41, 5.74) is 0.173. The molecule has 1 atom stereocenters. The molecule has 1 aromatic rings. The molecule has 0 aromatic carbocycles. The van der Waals surface area contributed by atoms with Gasteiger partial charge in [-0.1, -0.05) is 13.8 Å². The summed E-state index contributed by atoms with van der Waals surface area (Å²) in [5, 5.41) is 11.9. The largest absolute Gasteiger partial charge is 0.396 e. The van der Waals surface area contributed by atoms with Crippen molar-refractivity contribution in [2.24, 2.45) is 18.9 Å². The summed E-state index contributed by atoms with van der Waals surface area (Å²) in [6.45, 7) is 4.88. The third-order valence-corrected chi connectivity index (χ3v) is 3.26. The van der Waals surface area contributed by atoms with Crippen LogP contribution in [0.3, 0.4) is 0 Å². The zero-order chi connectivity index (χ0) is 15.1. The Balaban J connectivity index is 2.60. The summed E-state index contributed by atoms with van der Waals surface area (Å²) in [6, 6.07) is 2.96. The Morgan fingerprint density at radius 2 is 2.15 bits per heavy atom. The molecule has 1 unspecified atom stereocenters. The van der Waals surface area contributed by atoms with E-state index in [0.29, 0.717) is 24.4 Å². The minimum Gasteiger partial charge on any atom is -0.396 e. The van der Waals surface area contributed by atoms with Crippen LogP contribution in [0.2, 0.25) is 0 Å². The number of aryl methyl sites for hydroxylation is 1. The number of nitrogens with zero attached hydrogens (tertiary/aromatic N) is 1. The number of carbonyl (C=O) groups excluding carboxylic acids is 1. The standard InChI is InChI=1S/C15H24N2O3/c1-11(2)8-12(5-7-18)10-16-15(20)13-4-6-17(3)14(19)9-13/h4,6,9,11-12,18H,5,7-8,10H2,1-3H3,(H,16,20). The third kappa shape index (κ3) is 5.17. The molecule has 1 rings (SSSR count). The van der Waals surface area contributed by atoms with Crippen molar-refractivity contribution in [3.63, 3.8) is 0 Å². The highest BCUT2D eigenvalue weighted by Gasteiger charge is 2.13. The van der Waals surface area contributed by atoms with Gasteiger partial charge in [-0.3, -0.25) is 9.59 Å². The maximum Gasteiger partial charge on any atom is 0.251 e. The second-order valence-corrected chi connectivity index (χ2v) is 5.58. The molecule has 5 heteroatoms. The van der Waals surface area contributed by atoms with Crippen molar-refractivity contribution in [2.75, 3.05) is 13.2 Å². The lowest BCUT2D eigenvalue weighted by atomic mass is 9.94. The lowest BCUT2D eigenvalue weighted by Crippen LogP contribution is -2.31. The molecule has 20 heavy (non-hydrogen) atoms. The van der Waals surface area contributed by atoms with E-state index < -0.39 is 0 Å². The average Bonchev–Trinajstić information content (AvgIpc) is 2.38. The first kappa shape index (κ1) is 16.4. The molecule has 0 aliphatic carbocycles. The van der Waals surface area contributed by atoms with Crippen LogP contribution in [-0.2, 0) is 7.05 Å². The number of aliphatic hydroxyl groups excluding tert-OH is 1. The average molecular weight is 280 g/mol. The van der Waals surface area contributed by atoms with Gasteiger partial charge in [0.2, 0.25) is 0 Å². The van der Waals surface area contributed by atoms with E-state index in [4.69, 9.17) is 5.11 Å². The monoisotopic (exact) mass is 280 g/mol. The van der Waals surface area contributed by atoms with E-state index in [1.165, 1.54) is 10.6 Å². The maximum absolute atomic E-state index is 12.0. The number of nitrogens with one attached hydrogen (secondary N) is 1. The normalized spacial score (nSPS) is 12.4. The zero-order valence-corrected chi connectivity index (χ0v) is 12.4. The predicted molar refractivity (Wildman–Crippen MR) is 78.7 cm³/mol. The molecule has 112 valence electrons. The lowest BCUT2D eigenvalue weighted by Gasteiger charge is -2.18. The molecule has 1 aromatic heterocycles. The highest BCUT2D eigenvalue weighted by atomic mass is 16.3. The van der Waals surface area contributed by atoms with Crippen molar-refractivity contribution in [3.8, 4) is 0 Å². The Bertz CT molecular complexity index is 494. The van der Waals surface area contributed by atoms with Crippen molar-refractivity contribution < 1.29 is 9.90 Å². The molecule has 0 fully saturated rings. The van der Waals surface area contributed by atoms with E-state index in [0.717, 1.165) is 6.42 Å². The van der Waals surface area contributed by atoms with Crippen LogP contribution in [0, 0.1) is 11.8 Å². The molecule has 2 N–H and O–H groups in total. The number of aromatic nitrogens is 1. The van der Waals surface area contributed by atoms with Crippen LogP contribution in [-0.4, -0.2) is 28.7 Å². The van der Waals surface area contributed by atoms with Crippen LogP contribution in [0.1, 0.15) is 37.0 Å². The van der Waals surface area contributed by atoms with Crippen molar-refractivity contribution in [1.82, 2.24) is 9.88 Å². The van der Waals surface area contributed by atoms with Gasteiger partial charge in [0.05, 0.1) is 0 Å². The summed E-state index contributed by atoms with van der Waals surface area (Å²) in [5.74, 6) is 0.539. The highest BCUT2D eigenvalue weighted by Crippen LogP contribution is 2.14. The van der Waals surface area contributed by atoms with Crippen LogP contribution in [0.5, 0.6) is 0 Å². The molecule has 1 amide bonds. The molecule has 0 radical (unpaired) electrons. The van der Waals surface area contributed by atoms with Gasteiger partial charge >= 0.3 is 0 Å². The number of amides is 1. The molecule has 0 aliphatic rings. The molecule has 1 heterocycles. The van der Waals surface area contributed by atoms with Crippen LogP contribution >= 0.6 is 0 Å². The lowest BCUT2D eigenvalue weighted by molar-refractivity contribution is 0.0941. The van der Waals surface area contributed by atoms with E-state index in [2.05, 4.69) is 19.2 Å². The minimum atomic E-state index is -0.241. The number of hydrogen-bond donors (Lipinski definition) is 2. The summed E-state index contributed by atoms with van der Waals surface area (Å²) in [6.07, 6.45) is 3.21. The SMILES string of the molecule is CC(C)CC(CCO)CNC(=O)c1ccn(C)c(=O)c1. The van der Waals surface area contributed by atoms with Gasteiger partial charge in [-0.25, -0.2) is 0 Å². The topological polar surface area (TPSA) is 71.3 Å². The Morgan fingerprint density at radius 3 is 2.70 bits per heavy atom. The van der Waals surface area contributed by atoms with Crippen molar-refractivity contribution in [3.05, 3.63) is 34.2 Å². The van der Waals surface area contributed by atoms with Crippen molar-refractivity contribution >= 4 is 5.91 Å². The minimum absolute atomic E-state index is 0.124. The first-order chi connectivity index (χ1) is 9.43. The van der Waals surface area contributed by atoms with Gasteiger partial charge in [-0.15, -0.1) is 0 Å². The van der Waals surface area contributed by atoms with E-state index >= 15 is 0 Å². The molecule has 0 aliphatic heterocycles. The fourth-order valence-corrected chi connectivity index (χ4v) is 2.18. The van der Waals surface area contributed by atoms with E-state index in [9.17, 15) is 9.59 Å². The van der Waals surface area contributed by atoms with Crippen LogP contribution in [0.4, 0.5) is 0 Å². The quantitative estimate of drug-likeness (QED) is 0.787. The smallest absolute Gasteiger partial charge is 0.251 e. The van der Waals surface area contributed by atoms with Crippen molar-refractivity contribution in [2.45, 2.75) is 26.7 Å². The molecule has 5 nitrogen and oxygen atoms in total. The molecular weight excluding hydrogens is 256 g/mol. The van der Waals surface area contributed by atoms with Gasteiger partial charge in [0.1, 0.15) is 0 Å². The number of hydrogen-bond acceptors (Lipinski definition) is 3. The van der Waals surface area contributed by atoms with Crippen LogP contribution in [0.25, 0.3) is 0 Å². The first-order valence-corrected chi connectivity index (χ1v) is 6.99. The van der Waals surface area contributed by atoms with Gasteiger partial charge in [-0.05, 0) is 30.7 Å². The zero-order valence-electron chi connectivity index (χ0n) is 12.4. The molecular formula is C15H24N2O3. The maximum atomic E-state index is 12.0. The summed E-state index contributed by atoms with van der Waals surface area (Å²) < 4.78 is 1.42. The first-order valence-electron chi connectivity index (χ1n) is 6.99. The Morgan fingerprint density at radius 1 is 1.45 bits per heavy atom. The van der Waals surface area contributed by atoms with E-state index in [1.807, 2.05) is 0 Å². The Hall–Kier alpha value is -1.62. The van der Waals surface area contributed by atoms with E-state index in [1.54, 1.807) is 19.3 Å². The number of pyridine rings is 1. The summed E-state index contributed by atoms with van der Waals surface area (Å²) in [4.78, 5) is 23.5. The third-order valence-electron chi connectivity index (χ3n) is 3.26. The second kappa shape index (κ2) is 7.85. The molecule has 0 saturated carbocycles. The van der Waals surface area contributed by atoms with Gasteiger partial charge in [0, 0.05) is 38.0 Å². The number of carbonyl (C=O) groups is 1. The predicted octanol–water partition coefficient (Wildman–Crippen LogP) is 1.16. The van der Waals surface area contributed by atoms with Crippen LogP contribution < -0.4 is 10.9 Å². The second-order valence-electron chi connectivity index (χ2n) is 5.58. The Kier molecular flexibility index (Phi) is 6.45. The summed E-state index contributed by atoms with van der Waals surface area (Å²) >= 11 is 0.